The molecule has 0 saturated heterocycles. The lowest BCUT2D eigenvalue weighted by atomic mass is 10.1. The fraction of sp³-hybridized carbons (Fsp3) is 0.273. The van der Waals surface area contributed by atoms with Crippen LogP contribution in [0.25, 0.3) is 11.0 Å². The Kier molecular flexibility index (Phi) is 2.72. The molecule has 17 heavy (non-hydrogen) atoms. The minimum atomic E-state index is -1.34. The van der Waals surface area contributed by atoms with Gasteiger partial charge in [-0.3, -0.25) is 4.57 Å². The molecule has 0 aliphatic carbocycles. The number of carbonyl (C=O) groups excluding carboxylic acids is 1. The van der Waals surface area contributed by atoms with Gasteiger partial charge in [-0.1, -0.05) is 6.07 Å². The highest BCUT2D eigenvalue weighted by molar-refractivity contribution is 5.80. The number of H-pyrrole nitrogens is 1. The summed E-state index contributed by atoms with van der Waals surface area (Å²) >= 11 is 0. The molecule has 1 aromatic carbocycles. The van der Waals surface area contributed by atoms with Crippen LogP contribution in [0.4, 0.5) is 0 Å². The standard InChI is InChI=1S/C11H12N2O4/c1-13-8-4-3-6(9(14)10(15)17-2)5-7(8)12-11(13)16/h3-5,9,14H,1-2H3,(H,12,16). The van der Waals surface area contributed by atoms with E-state index in [1.165, 1.54) is 11.7 Å². The zero-order chi connectivity index (χ0) is 12.6. The molecule has 0 saturated carbocycles. The van der Waals surface area contributed by atoms with E-state index in [1.807, 2.05) is 0 Å². The Labute approximate surface area is 96.4 Å². The Balaban J connectivity index is 2.52. The fourth-order valence-electron chi connectivity index (χ4n) is 1.67. The number of aromatic nitrogens is 2. The molecular weight excluding hydrogens is 224 g/mol. The van der Waals surface area contributed by atoms with Crippen molar-refractivity contribution in [3.63, 3.8) is 0 Å². The predicted molar refractivity (Wildman–Crippen MR) is 60.5 cm³/mol. The van der Waals surface area contributed by atoms with Crippen molar-refractivity contribution in [3.05, 3.63) is 34.2 Å². The first-order valence-electron chi connectivity index (χ1n) is 4.99. The summed E-state index contributed by atoms with van der Waals surface area (Å²) in [5, 5.41) is 9.65. The first-order valence-corrected chi connectivity index (χ1v) is 4.99. The third-order valence-electron chi connectivity index (χ3n) is 2.67. The van der Waals surface area contributed by atoms with Crippen molar-refractivity contribution < 1.29 is 14.6 Å². The maximum atomic E-state index is 11.4. The van der Waals surface area contributed by atoms with Crippen molar-refractivity contribution in [1.29, 1.82) is 0 Å². The fourth-order valence-corrected chi connectivity index (χ4v) is 1.67. The number of hydrogen-bond donors (Lipinski definition) is 2. The maximum Gasteiger partial charge on any atom is 0.339 e. The molecule has 0 aliphatic rings. The zero-order valence-corrected chi connectivity index (χ0v) is 9.43. The Morgan fingerprint density at radius 3 is 2.88 bits per heavy atom. The van der Waals surface area contributed by atoms with Crippen LogP contribution in [-0.2, 0) is 16.6 Å². The number of imidazole rings is 1. The SMILES string of the molecule is COC(=O)C(O)c1ccc2c(c1)[nH]c(=O)n2C. The van der Waals surface area contributed by atoms with Crippen molar-refractivity contribution >= 4 is 17.0 Å². The summed E-state index contributed by atoms with van der Waals surface area (Å²) < 4.78 is 5.89. The van der Waals surface area contributed by atoms with E-state index in [0.29, 0.717) is 16.6 Å². The number of methoxy groups -OCH3 is 1. The van der Waals surface area contributed by atoms with Gasteiger partial charge in [-0.05, 0) is 17.7 Å². The lowest BCUT2D eigenvalue weighted by Gasteiger charge is -2.08. The van der Waals surface area contributed by atoms with Crippen LogP contribution in [0, 0.1) is 0 Å². The lowest BCUT2D eigenvalue weighted by Crippen LogP contribution is -2.13. The Hall–Kier alpha value is -2.08. The zero-order valence-electron chi connectivity index (χ0n) is 9.43. The molecule has 1 unspecified atom stereocenters. The maximum absolute atomic E-state index is 11.4. The number of rotatable bonds is 2. The molecule has 2 N–H and O–H groups in total. The topological polar surface area (TPSA) is 84.3 Å². The molecule has 6 heteroatoms. The number of benzene rings is 1. The van der Waals surface area contributed by atoms with Gasteiger partial charge in [-0.2, -0.15) is 0 Å². The third kappa shape index (κ3) is 1.83. The molecule has 1 aromatic heterocycles. The summed E-state index contributed by atoms with van der Waals surface area (Å²) in [5.74, 6) is -0.734. The van der Waals surface area contributed by atoms with Crippen LogP contribution in [0.3, 0.4) is 0 Å². The number of esters is 1. The van der Waals surface area contributed by atoms with E-state index >= 15 is 0 Å². The summed E-state index contributed by atoms with van der Waals surface area (Å²) in [5.41, 5.74) is 1.41. The number of aryl methyl sites for hydroxylation is 1. The van der Waals surface area contributed by atoms with Gasteiger partial charge in [-0.15, -0.1) is 0 Å². The second-order valence-electron chi connectivity index (χ2n) is 3.69. The molecule has 0 radical (unpaired) electrons. The molecule has 0 aliphatic heterocycles. The Morgan fingerprint density at radius 1 is 1.53 bits per heavy atom. The number of nitrogens with zero attached hydrogens (tertiary/aromatic N) is 1. The number of fused-ring (bicyclic) bond motifs is 1. The monoisotopic (exact) mass is 236 g/mol. The number of aromatic amines is 1. The summed E-state index contributed by atoms with van der Waals surface area (Å²) in [6.07, 6.45) is -1.34. The van der Waals surface area contributed by atoms with Crippen LogP contribution in [0.1, 0.15) is 11.7 Å². The molecule has 90 valence electrons. The normalized spacial score (nSPS) is 12.6. The average molecular weight is 236 g/mol. The van der Waals surface area contributed by atoms with Gasteiger partial charge in [0.05, 0.1) is 18.1 Å². The third-order valence-corrected chi connectivity index (χ3v) is 2.67. The second-order valence-corrected chi connectivity index (χ2v) is 3.69. The van der Waals surface area contributed by atoms with Gasteiger partial charge in [-0.25, -0.2) is 9.59 Å². The number of hydrogen-bond acceptors (Lipinski definition) is 4. The molecule has 0 spiro atoms. The number of ether oxygens (including phenoxy) is 1. The number of carbonyl (C=O) groups is 1. The highest BCUT2D eigenvalue weighted by Crippen LogP contribution is 2.18. The molecule has 0 bridgehead atoms. The summed E-state index contributed by atoms with van der Waals surface area (Å²) in [6, 6.07) is 4.80. The van der Waals surface area contributed by atoms with Gasteiger partial charge in [0.2, 0.25) is 0 Å². The van der Waals surface area contributed by atoms with Crippen LogP contribution < -0.4 is 5.69 Å². The molecule has 2 aromatic rings. The minimum absolute atomic E-state index is 0.246. The quantitative estimate of drug-likeness (QED) is 0.723. The van der Waals surface area contributed by atoms with E-state index < -0.39 is 12.1 Å². The van der Waals surface area contributed by atoms with Gasteiger partial charge in [0.1, 0.15) is 0 Å². The summed E-state index contributed by atoms with van der Waals surface area (Å²) in [6.45, 7) is 0. The van der Waals surface area contributed by atoms with Crippen LogP contribution in [0.5, 0.6) is 0 Å². The van der Waals surface area contributed by atoms with E-state index in [-0.39, 0.29) is 5.69 Å². The molecule has 2 rings (SSSR count). The van der Waals surface area contributed by atoms with E-state index in [2.05, 4.69) is 9.72 Å². The van der Waals surface area contributed by atoms with E-state index in [9.17, 15) is 14.7 Å². The Morgan fingerprint density at radius 2 is 2.24 bits per heavy atom. The van der Waals surface area contributed by atoms with E-state index in [0.717, 1.165) is 0 Å². The van der Waals surface area contributed by atoms with Crippen LogP contribution >= 0.6 is 0 Å². The predicted octanol–water partition coefficient (Wildman–Crippen LogP) is 0.0730. The first-order chi connectivity index (χ1) is 8.04. The van der Waals surface area contributed by atoms with Crippen molar-refractivity contribution in [1.82, 2.24) is 9.55 Å². The van der Waals surface area contributed by atoms with Crippen molar-refractivity contribution in [2.24, 2.45) is 7.05 Å². The van der Waals surface area contributed by atoms with Gasteiger partial charge >= 0.3 is 11.7 Å². The number of nitrogens with one attached hydrogen (secondary N) is 1. The van der Waals surface area contributed by atoms with Crippen LogP contribution in [0.2, 0.25) is 0 Å². The van der Waals surface area contributed by atoms with Crippen LogP contribution in [-0.4, -0.2) is 27.7 Å². The van der Waals surface area contributed by atoms with E-state index in [1.54, 1.807) is 25.2 Å². The first kappa shape index (κ1) is 11.4. The number of aliphatic hydroxyl groups excluding tert-OH is 1. The summed E-state index contributed by atoms with van der Waals surface area (Å²) in [7, 11) is 2.84. The van der Waals surface area contributed by atoms with Crippen LogP contribution in [0.15, 0.2) is 23.0 Å². The van der Waals surface area contributed by atoms with Crippen molar-refractivity contribution in [2.75, 3.05) is 7.11 Å². The molecule has 1 atom stereocenters. The van der Waals surface area contributed by atoms with Crippen molar-refractivity contribution in [2.45, 2.75) is 6.10 Å². The Bertz CT molecular complexity index is 626. The molecule has 1 heterocycles. The van der Waals surface area contributed by atoms with E-state index in [4.69, 9.17) is 0 Å². The molecule has 6 nitrogen and oxygen atoms in total. The largest absolute Gasteiger partial charge is 0.467 e. The van der Waals surface area contributed by atoms with Gasteiger partial charge in [0, 0.05) is 7.05 Å². The summed E-state index contributed by atoms with van der Waals surface area (Å²) in [4.78, 5) is 25.2. The highest BCUT2D eigenvalue weighted by atomic mass is 16.5. The van der Waals surface area contributed by atoms with Gasteiger partial charge < -0.3 is 14.8 Å². The second kappa shape index (κ2) is 4.06. The minimum Gasteiger partial charge on any atom is -0.467 e. The smallest absolute Gasteiger partial charge is 0.339 e. The lowest BCUT2D eigenvalue weighted by molar-refractivity contribution is -0.150. The molecule has 0 amide bonds. The molecule has 0 fully saturated rings. The number of aliphatic hydroxyl groups is 1. The van der Waals surface area contributed by atoms with Crippen molar-refractivity contribution in [3.8, 4) is 0 Å². The van der Waals surface area contributed by atoms with Gasteiger partial charge in [0.15, 0.2) is 6.10 Å². The molecular formula is C11H12N2O4. The highest BCUT2D eigenvalue weighted by Gasteiger charge is 2.18. The average Bonchev–Trinajstić information content (AvgIpc) is 2.62. The van der Waals surface area contributed by atoms with Gasteiger partial charge in [0.25, 0.3) is 0 Å².